The summed E-state index contributed by atoms with van der Waals surface area (Å²) in [6.07, 6.45) is 3.78. The molecule has 2 aromatic heterocycles. The van der Waals surface area contributed by atoms with Gasteiger partial charge in [-0.15, -0.1) is 0 Å². The van der Waals surface area contributed by atoms with E-state index in [1.807, 2.05) is 35.2 Å². The number of rotatable bonds is 7. The summed E-state index contributed by atoms with van der Waals surface area (Å²) in [5.74, 6) is -0.357. The monoisotopic (exact) mass is 453 g/mol. The second-order valence-corrected chi connectivity index (χ2v) is 8.19. The number of aromatic hydroxyl groups is 1. The molecule has 1 aliphatic rings. The molecule has 1 aliphatic heterocycles. The highest BCUT2D eigenvalue weighted by Gasteiger charge is 2.30. The average Bonchev–Trinajstić information content (AvgIpc) is 3.35. The van der Waals surface area contributed by atoms with Gasteiger partial charge in [-0.1, -0.05) is 35.5 Å². The number of nitrogens with zero attached hydrogens (tertiary/aromatic N) is 4. The lowest BCUT2D eigenvalue weighted by Crippen LogP contribution is -2.41. The molecule has 3 N–H and O–H groups in total. The van der Waals surface area contributed by atoms with E-state index in [0.29, 0.717) is 37.4 Å². The highest BCUT2D eigenvalue weighted by atomic mass is 16.5. The van der Waals surface area contributed by atoms with Crippen LogP contribution >= 0.6 is 0 Å². The van der Waals surface area contributed by atoms with Gasteiger partial charge in [0.15, 0.2) is 6.23 Å². The molecular weight excluding hydrogens is 426 g/mol. The maximum Gasteiger partial charge on any atom is 0.295 e. The molecule has 0 radical (unpaired) electrons. The predicted octanol–water partition coefficient (Wildman–Crippen LogP) is 1.92. The molecule has 1 saturated heterocycles. The van der Waals surface area contributed by atoms with Crippen molar-refractivity contribution < 1.29 is 19.5 Å². The number of aromatic nitrogens is 3. The SMILES string of the molecule is Cn1c(C2CCCN(C(=O)CCc3ccccc3)C2)nc(C(O)Nc2cnoc2)c(O)c1=O. The number of aryl methyl sites for hydroxylation is 1. The van der Waals surface area contributed by atoms with Crippen LogP contribution in [0.5, 0.6) is 5.75 Å². The molecule has 2 unspecified atom stereocenters. The summed E-state index contributed by atoms with van der Waals surface area (Å²) >= 11 is 0. The summed E-state index contributed by atoms with van der Waals surface area (Å²) in [6, 6.07) is 9.86. The molecule has 3 aromatic rings. The minimum atomic E-state index is -1.44. The number of aliphatic hydroxyl groups excluding tert-OH is 1. The van der Waals surface area contributed by atoms with Gasteiger partial charge in [-0.3, -0.25) is 14.2 Å². The maximum absolute atomic E-state index is 12.8. The van der Waals surface area contributed by atoms with E-state index in [-0.39, 0.29) is 17.5 Å². The molecule has 0 saturated carbocycles. The molecular formula is C23H27N5O5. The Hall–Kier alpha value is -3.66. The van der Waals surface area contributed by atoms with Gasteiger partial charge in [-0.05, 0) is 24.8 Å². The van der Waals surface area contributed by atoms with E-state index in [4.69, 9.17) is 4.52 Å². The number of aliphatic hydroxyl groups is 1. The maximum atomic E-state index is 12.8. The number of likely N-dealkylation sites (tertiary alicyclic amines) is 1. The molecule has 3 heterocycles. The Balaban J connectivity index is 1.50. The molecule has 1 amide bonds. The lowest BCUT2D eigenvalue weighted by molar-refractivity contribution is -0.132. The Morgan fingerprint density at radius 3 is 2.85 bits per heavy atom. The largest absolute Gasteiger partial charge is 0.502 e. The van der Waals surface area contributed by atoms with Crippen molar-refractivity contribution in [1.82, 2.24) is 19.6 Å². The first-order valence-electron chi connectivity index (χ1n) is 10.9. The third-order valence-electron chi connectivity index (χ3n) is 5.93. The van der Waals surface area contributed by atoms with E-state index >= 15 is 0 Å². The van der Waals surface area contributed by atoms with E-state index in [1.165, 1.54) is 24.1 Å². The Labute approximate surface area is 190 Å². The lowest BCUT2D eigenvalue weighted by Gasteiger charge is -2.33. The molecule has 1 aromatic carbocycles. The number of carbonyl (C=O) groups excluding carboxylic acids is 1. The van der Waals surface area contributed by atoms with Crippen molar-refractivity contribution in [2.75, 3.05) is 18.4 Å². The second-order valence-electron chi connectivity index (χ2n) is 8.19. The Kier molecular flexibility index (Phi) is 6.74. The fraction of sp³-hybridized carbons (Fsp3) is 0.391. The van der Waals surface area contributed by atoms with Crippen LogP contribution in [-0.2, 0) is 18.3 Å². The van der Waals surface area contributed by atoms with Crippen molar-refractivity contribution in [1.29, 1.82) is 0 Å². The van der Waals surface area contributed by atoms with Crippen LogP contribution in [-0.4, -0.2) is 48.8 Å². The highest BCUT2D eigenvalue weighted by molar-refractivity contribution is 5.76. The van der Waals surface area contributed by atoms with Gasteiger partial charge in [-0.2, -0.15) is 0 Å². The standard InChI is InChI=1S/C23H27N5O5/c1-27-21(26-19(20(30)23(27)32)22(31)25-17-12-24-33-14-17)16-8-5-11-28(13-16)18(29)10-9-15-6-3-2-4-7-15/h2-4,6-7,12,14,16,22,25,30-31H,5,8-11,13H2,1H3. The molecule has 1 fully saturated rings. The number of benzene rings is 1. The highest BCUT2D eigenvalue weighted by Crippen LogP contribution is 2.28. The smallest absolute Gasteiger partial charge is 0.295 e. The number of amides is 1. The number of piperidine rings is 1. The third kappa shape index (κ3) is 5.06. The fourth-order valence-electron chi connectivity index (χ4n) is 4.15. The van der Waals surface area contributed by atoms with Crippen LogP contribution in [0.25, 0.3) is 0 Å². The van der Waals surface area contributed by atoms with E-state index in [1.54, 1.807) is 0 Å². The molecule has 33 heavy (non-hydrogen) atoms. The number of nitrogens with one attached hydrogen (secondary N) is 1. The first-order valence-corrected chi connectivity index (χ1v) is 10.9. The summed E-state index contributed by atoms with van der Waals surface area (Å²) in [4.78, 5) is 31.7. The first-order chi connectivity index (χ1) is 15.9. The lowest BCUT2D eigenvalue weighted by atomic mass is 9.96. The van der Waals surface area contributed by atoms with E-state index < -0.39 is 17.5 Å². The van der Waals surface area contributed by atoms with Gasteiger partial charge in [0.05, 0.1) is 11.9 Å². The van der Waals surface area contributed by atoms with Gasteiger partial charge in [0, 0.05) is 32.5 Å². The van der Waals surface area contributed by atoms with Gasteiger partial charge in [-0.25, -0.2) is 4.98 Å². The van der Waals surface area contributed by atoms with Crippen LogP contribution in [0.15, 0.2) is 52.1 Å². The topological polar surface area (TPSA) is 134 Å². The zero-order chi connectivity index (χ0) is 23.4. The van der Waals surface area contributed by atoms with Crippen LogP contribution in [0, 0.1) is 0 Å². The Morgan fingerprint density at radius 2 is 2.12 bits per heavy atom. The zero-order valence-electron chi connectivity index (χ0n) is 18.3. The summed E-state index contributed by atoms with van der Waals surface area (Å²) in [6.45, 7) is 1.08. The predicted molar refractivity (Wildman–Crippen MR) is 120 cm³/mol. The summed E-state index contributed by atoms with van der Waals surface area (Å²) < 4.78 is 6.00. The van der Waals surface area contributed by atoms with Crippen LogP contribution in [0.3, 0.4) is 0 Å². The van der Waals surface area contributed by atoms with Crippen LogP contribution in [0.2, 0.25) is 0 Å². The van der Waals surface area contributed by atoms with Crippen molar-refractivity contribution in [3.63, 3.8) is 0 Å². The molecule has 2 atom stereocenters. The molecule has 0 aliphatic carbocycles. The number of hydrogen-bond acceptors (Lipinski definition) is 8. The van der Waals surface area contributed by atoms with Crippen molar-refractivity contribution in [2.24, 2.45) is 7.05 Å². The van der Waals surface area contributed by atoms with Gasteiger partial charge in [0.1, 0.15) is 17.8 Å². The summed E-state index contributed by atoms with van der Waals surface area (Å²) in [5.41, 5.74) is 0.648. The number of anilines is 1. The number of hydrogen-bond donors (Lipinski definition) is 3. The van der Waals surface area contributed by atoms with Crippen molar-refractivity contribution >= 4 is 11.6 Å². The second kappa shape index (κ2) is 9.86. The zero-order valence-corrected chi connectivity index (χ0v) is 18.3. The molecule has 174 valence electrons. The molecule has 4 rings (SSSR count). The molecule has 10 heteroatoms. The summed E-state index contributed by atoms with van der Waals surface area (Å²) in [5, 5.41) is 27.1. The van der Waals surface area contributed by atoms with E-state index in [9.17, 15) is 19.8 Å². The van der Waals surface area contributed by atoms with Gasteiger partial charge in [0.25, 0.3) is 5.56 Å². The van der Waals surface area contributed by atoms with Crippen molar-refractivity contribution in [3.05, 3.63) is 70.2 Å². The van der Waals surface area contributed by atoms with Crippen LogP contribution in [0.1, 0.15) is 48.5 Å². The van der Waals surface area contributed by atoms with Gasteiger partial charge in [0.2, 0.25) is 11.7 Å². The van der Waals surface area contributed by atoms with Crippen molar-refractivity contribution in [3.8, 4) is 5.75 Å². The first kappa shape index (κ1) is 22.5. The molecule has 10 nitrogen and oxygen atoms in total. The van der Waals surface area contributed by atoms with Crippen LogP contribution < -0.4 is 10.9 Å². The average molecular weight is 453 g/mol. The quantitative estimate of drug-likeness (QED) is 0.462. The van der Waals surface area contributed by atoms with Gasteiger partial charge >= 0.3 is 0 Å². The fourth-order valence-corrected chi connectivity index (χ4v) is 4.15. The minimum Gasteiger partial charge on any atom is -0.502 e. The Bertz CT molecular complexity index is 1150. The number of carbonyl (C=O) groups is 1. The molecule has 0 bridgehead atoms. The van der Waals surface area contributed by atoms with Crippen molar-refractivity contribution in [2.45, 2.75) is 37.8 Å². The van der Waals surface area contributed by atoms with E-state index in [2.05, 4.69) is 15.5 Å². The normalized spacial score (nSPS) is 17.0. The van der Waals surface area contributed by atoms with E-state index in [0.717, 1.165) is 18.4 Å². The van der Waals surface area contributed by atoms with Crippen LogP contribution in [0.4, 0.5) is 5.69 Å². The Morgan fingerprint density at radius 1 is 1.33 bits per heavy atom. The minimum absolute atomic E-state index is 0.0571. The summed E-state index contributed by atoms with van der Waals surface area (Å²) in [7, 11) is 1.53. The molecule has 0 spiro atoms. The third-order valence-corrected chi connectivity index (χ3v) is 5.93. The van der Waals surface area contributed by atoms with Gasteiger partial charge < -0.3 is 25.0 Å².